The molecule has 41 heavy (non-hydrogen) atoms. The molecular weight excluding hydrogens is 518 g/mol. The quantitative estimate of drug-likeness (QED) is 0.207. The van der Waals surface area contributed by atoms with Crippen molar-refractivity contribution in [2.75, 3.05) is 0 Å². The van der Waals surface area contributed by atoms with Gasteiger partial charge in [-0.15, -0.1) is 11.3 Å². The summed E-state index contributed by atoms with van der Waals surface area (Å²) >= 11 is 1.85. The fourth-order valence-electron chi connectivity index (χ4n) is 6.16. The molecule has 0 amide bonds. The van der Waals surface area contributed by atoms with Gasteiger partial charge >= 0.3 is 0 Å². The lowest BCUT2D eigenvalue weighted by Crippen LogP contribution is -2.04. The van der Waals surface area contributed by atoms with Gasteiger partial charge in [0.25, 0.3) is 0 Å². The monoisotopic (exact) mass is 543 g/mol. The number of nitrogens with zero attached hydrogens (tertiary/aromatic N) is 3. The molecule has 0 saturated carbocycles. The summed E-state index contributed by atoms with van der Waals surface area (Å²) in [6.07, 6.45) is 7.81. The van der Waals surface area contributed by atoms with E-state index in [9.17, 15) is 0 Å². The third kappa shape index (κ3) is 3.51. The van der Waals surface area contributed by atoms with Crippen LogP contribution in [0.5, 0.6) is 0 Å². The maximum Gasteiger partial charge on any atom is 0.235 e. The molecule has 0 aliphatic heterocycles. The molecule has 0 saturated heterocycles. The van der Waals surface area contributed by atoms with E-state index in [1.54, 1.807) is 6.08 Å². The van der Waals surface area contributed by atoms with Gasteiger partial charge in [-0.2, -0.15) is 0 Å². The highest BCUT2D eigenvalue weighted by molar-refractivity contribution is 7.27. The smallest absolute Gasteiger partial charge is 0.235 e. The Morgan fingerprint density at radius 2 is 1.37 bits per heavy atom. The van der Waals surface area contributed by atoms with E-state index in [1.807, 2.05) is 29.6 Å². The summed E-state index contributed by atoms with van der Waals surface area (Å²) in [5.74, 6) is 0.680. The first-order valence-electron chi connectivity index (χ1n) is 13.7. The summed E-state index contributed by atoms with van der Waals surface area (Å²) in [4.78, 5) is 10.5. The summed E-state index contributed by atoms with van der Waals surface area (Å²) < 4.78 is 4.83. The second-order valence-electron chi connectivity index (χ2n) is 10.3. The number of allylic oxidation sites excluding steroid dienone is 5. The number of para-hydroxylation sites is 2. The zero-order chi connectivity index (χ0) is 27.5. The van der Waals surface area contributed by atoms with E-state index in [0.29, 0.717) is 5.95 Å². The molecule has 0 aliphatic carbocycles. The van der Waals surface area contributed by atoms with Crippen molar-refractivity contribution in [2.24, 2.45) is 0 Å². The highest BCUT2D eigenvalue weighted by atomic mass is 32.1. The molecule has 0 unspecified atom stereocenters. The lowest BCUT2D eigenvalue weighted by molar-refractivity contribution is 1.00. The Balaban J connectivity index is 1.60. The highest BCUT2D eigenvalue weighted by Gasteiger charge is 2.23. The number of thiophene rings is 1. The van der Waals surface area contributed by atoms with Gasteiger partial charge < -0.3 is 0 Å². The number of hydrogen-bond acceptors (Lipinski definition) is 3. The normalized spacial score (nSPS) is 12.7. The molecule has 3 nitrogen and oxygen atoms in total. The standard InChI is InChI=1S/C37H25N3S/c1-3-4-5-14-23(2)34-26-17-8-11-20-29(26)38-37(39-34)40-30-21-12-9-18-27(30)32-24-15-6-7-16-25(24)33-28-19-10-13-22-31(28)41-36(33)35(32)40/h3-22H,1H2,2H3/b5-4-,23-14+. The van der Waals surface area contributed by atoms with Crippen molar-refractivity contribution in [1.82, 2.24) is 14.5 Å². The molecule has 8 rings (SSSR count). The molecule has 194 valence electrons. The van der Waals surface area contributed by atoms with E-state index < -0.39 is 0 Å². The van der Waals surface area contributed by atoms with Crippen molar-refractivity contribution in [3.8, 4) is 5.95 Å². The van der Waals surface area contributed by atoms with Gasteiger partial charge in [-0.25, -0.2) is 9.97 Å². The minimum atomic E-state index is 0.680. The Kier molecular flexibility index (Phi) is 5.37. The van der Waals surface area contributed by atoms with Gasteiger partial charge in [0.15, 0.2) is 0 Å². The van der Waals surface area contributed by atoms with E-state index in [4.69, 9.17) is 9.97 Å². The summed E-state index contributed by atoms with van der Waals surface area (Å²) in [5.41, 5.74) is 5.19. The first-order chi connectivity index (χ1) is 20.2. The average Bonchev–Trinajstić information content (AvgIpc) is 3.57. The minimum absolute atomic E-state index is 0.680. The highest BCUT2D eigenvalue weighted by Crippen LogP contribution is 2.47. The van der Waals surface area contributed by atoms with Gasteiger partial charge in [-0.3, -0.25) is 4.57 Å². The third-order valence-corrected chi connectivity index (χ3v) is 9.09. The summed E-state index contributed by atoms with van der Waals surface area (Å²) in [7, 11) is 0. The van der Waals surface area contributed by atoms with Crippen LogP contribution in [0.2, 0.25) is 0 Å². The van der Waals surface area contributed by atoms with E-state index >= 15 is 0 Å². The second-order valence-corrected chi connectivity index (χ2v) is 11.3. The van der Waals surface area contributed by atoms with Gasteiger partial charge in [0.2, 0.25) is 5.95 Å². The molecule has 0 bridgehead atoms. The third-order valence-electron chi connectivity index (χ3n) is 7.91. The number of hydrogen-bond donors (Lipinski definition) is 0. The van der Waals surface area contributed by atoms with E-state index in [0.717, 1.165) is 33.2 Å². The van der Waals surface area contributed by atoms with Gasteiger partial charge in [0, 0.05) is 31.6 Å². The molecule has 5 aromatic carbocycles. The minimum Gasteiger partial charge on any atom is -0.276 e. The van der Waals surface area contributed by atoms with Gasteiger partial charge in [-0.05, 0) is 41.5 Å². The van der Waals surface area contributed by atoms with Crippen LogP contribution in [-0.2, 0) is 0 Å². The van der Waals surface area contributed by atoms with Crippen molar-refractivity contribution in [1.29, 1.82) is 0 Å². The molecule has 0 atom stereocenters. The number of fused-ring (bicyclic) bond motifs is 11. The molecule has 3 heterocycles. The maximum atomic E-state index is 5.29. The molecule has 0 radical (unpaired) electrons. The molecule has 0 N–H and O–H groups in total. The van der Waals surface area contributed by atoms with Crippen LogP contribution in [0.25, 0.3) is 75.2 Å². The van der Waals surface area contributed by atoms with Crippen LogP contribution in [0.15, 0.2) is 128 Å². The van der Waals surface area contributed by atoms with Crippen molar-refractivity contribution < 1.29 is 0 Å². The molecular formula is C37H25N3S. The molecule has 8 aromatic rings. The van der Waals surface area contributed by atoms with Crippen molar-refractivity contribution in [2.45, 2.75) is 6.92 Å². The Labute approximate surface area is 241 Å². The second kappa shape index (κ2) is 9.26. The van der Waals surface area contributed by atoms with Gasteiger partial charge in [0.05, 0.1) is 26.9 Å². The van der Waals surface area contributed by atoms with Crippen molar-refractivity contribution in [3.05, 3.63) is 134 Å². The number of rotatable bonds is 4. The van der Waals surface area contributed by atoms with Gasteiger partial charge in [0.1, 0.15) is 0 Å². The Morgan fingerprint density at radius 1 is 0.707 bits per heavy atom. The number of benzene rings is 5. The summed E-state index contributed by atoms with van der Waals surface area (Å²) in [5, 5.41) is 8.60. The fourth-order valence-corrected chi connectivity index (χ4v) is 7.41. The van der Waals surface area contributed by atoms with E-state index in [-0.39, 0.29) is 0 Å². The van der Waals surface area contributed by atoms with Crippen LogP contribution in [0.3, 0.4) is 0 Å². The van der Waals surface area contributed by atoms with Crippen LogP contribution in [0, 0.1) is 0 Å². The summed E-state index contributed by atoms with van der Waals surface area (Å²) in [6, 6.07) is 34.5. The zero-order valence-corrected chi connectivity index (χ0v) is 23.3. The predicted octanol–water partition coefficient (Wildman–Crippen LogP) is 10.4. The van der Waals surface area contributed by atoms with Crippen LogP contribution >= 0.6 is 11.3 Å². The maximum absolute atomic E-state index is 5.29. The SMILES string of the molecule is C=C/C=C\C=C(/C)c1nc(-n2c3ccccc3c3c4ccccc4c4c5ccccc5sc4c32)nc2ccccc12. The first kappa shape index (κ1) is 23.8. The van der Waals surface area contributed by atoms with Crippen LogP contribution in [-0.4, -0.2) is 14.5 Å². The molecule has 4 heteroatoms. The number of aromatic nitrogens is 3. The Morgan fingerprint density at radius 3 is 2.17 bits per heavy atom. The lowest BCUT2D eigenvalue weighted by atomic mass is 9.99. The Bertz CT molecular complexity index is 2400. The predicted molar refractivity (Wildman–Crippen MR) is 177 cm³/mol. The average molecular weight is 544 g/mol. The molecule has 0 spiro atoms. The summed E-state index contributed by atoms with van der Waals surface area (Å²) in [6.45, 7) is 5.91. The Hall–Kier alpha value is -5.06. The zero-order valence-electron chi connectivity index (χ0n) is 22.5. The van der Waals surface area contributed by atoms with Crippen molar-refractivity contribution in [3.63, 3.8) is 0 Å². The molecule has 3 aromatic heterocycles. The van der Waals surface area contributed by atoms with E-state index in [2.05, 4.69) is 115 Å². The van der Waals surface area contributed by atoms with Crippen molar-refractivity contribution >= 4 is 80.6 Å². The van der Waals surface area contributed by atoms with Crippen LogP contribution in [0.4, 0.5) is 0 Å². The molecule has 0 aliphatic rings. The van der Waals surface area contributed by atoms with E-state index in [1.165, 1.54) is 41.7 Å². The molecule has 0 fully saturated rings. The largest absolute Gasteiger partial charge is 0.276 e. The first-order valence-corrected chi connectivity index (χ1v) is 14.5. The fraction of sp³-hybridized carbons (Fsp3) is 0.0270. The van der Waals surface area contributed by atoms with Crippen LogP contribution < -0.4 is 0 Å². The lowest BCUT2D eigenvalue weighted by Gasteiger charge is -2.12. The van der Waals surface area contributed by atoms with Crippen LogP contribution in [0.1, 0.15) is 12.6 Å². The van der Waals surface area contributed by atoms with Gasteiger partial charge in [-0.1, -0.05) is 110 Å². The topological polar surface area (TPSA) is 30.7 Å².